The van der Waals surface area contributed by atoms with Gasteiger partial charge >= 0.3 is 0 Å². The number of nitrogens with one attached hydrogen (secondary N) is 1. The molecule has 4 aromatic rings. The minimum atomic E-state index is -4.24. The molecular weight excluding hydrogens is 638 g/mol. The molecule has 1 N–H and O–H groups in total. The largest absolute Gasteiger partial charge is 0.486 e. The first-order chi connectivity index (χ1) is 22.8. The molecule has 2 amide bonds. The van der Waals surface area contributed by atoms with Crippen LogP contribution in [-0.2, 0) is 32.6 Å². The Bertz CT molecular complexity index is 1750. The lowest BCUT2D eigenvalue weighted by Crippen LogP contribution is -2.53. The Labute approximate surface area is 281 Å². The van der Waals surface area contributed by atoms with E-state index in [-0.39, 0.29) is 29.5 Å². The lowest BCUT2D eigenvalue weighted by molar-refractivity contribution is -0.140. The third-order valence-corrected chi connectivity index (χ3v) is 9.83. The molecule has 4 aromatic carbocycles. The highest BCUT2D eigenvalue weighted by molar-refractivity contribution is 7.92. The number of carbonyl (C=O) groups is 2. The zero-order valence-corrected chi connectivity index (χ0v) is 27.8. The highest BCUT2D eigenvalue weighted by Crippen LogP contribution is 2.36. The van der Waals surface area contributed by atoms with E-state index in [1.807, 2.05) is 37.3 Å². The molecule has 5 rings (SSSR count). The molecule has 0 radical (unpaired) electrons. The first-order valence-corrected chi connectivity index (χ1v) is 17.4. The number of fused-ring (bicyclic) bond motifs is 1. The third-order valence-electron chi connectivity index (χ3n) is 7.79. The van der Waals surface area contributed by atoms with Gasteiger partial charge in [-0.1, -0.05) is 85.6 Å². The summed E-state index contributed by atoms with van der Waals surface area (Å²) in [7, 11) is -4.24. The van der Waals surface area contributed by atoms with E-state index in [1.54, 1.807) is 60.7 Å². The van der Waals surface area contributed by atoms with Crippen LogP contribution in [0.5, 0.6) is 11.5 Å². The first kappa shape index (κ1) is 33.8. The molecule has 0 aliphatic carbocycles. The smallest absolute Gasteiger partial charge is 0.264 e. The fourth-order valence-electron chi connectivity index (χ4n) is 5.28. The SMILES string of the molecule is CCCCNC(=O)[C@H](Cc1ccccc1)N(Cc1ccc(Cl)cc1)C(=O)CN(c1ccc2c(c1)OCCO2)S(=O)(=O)c1ccccc1. The van der Waals surface area contributed by atoms with Crippen LogP contribution in [-0.4, -0.2) is 57.5 Å². The van der Waals surface area contributed by atoms with Crippen LogP contribution in [0.15, 0.2) is 108 Å². The molecule has 0 saturated carbocycles. The summed E-state index contributed by atoms with van der Waals surface area (Å²) in [5.74, 6) is -0.00788. The van der Waals surface area contributed by atoms with Crippen molar-refractivity contribution in [3.05, 3.63) is 119 Å². The Hall–Kier alpha value is -4.54. The van der Waals surface area contributed by atoms with Gasteiger partial charge in [0.25, 0.3) is 10.0 Å². The number of ether oxygens (including phenoxy) is 2. The van der Waals surface area contributed by atoms with Crippen molar-refractivity contribution in [1.29, 1.82) is 0 Å². The van der Waals surface area contributed by atoms with Gasteiger partial charge < -0.3 is 19.7 Å². The zero-order chi connectivity index (χ0) is 33.2. The Morgan fingerprint density at radius 3 is 2.19 bits per heavy atom. The van der Waals surface area contributed by atoms with Crippen molar-refractivity contribution in [1.82, 2.24) is 10.2 Å². The number of halogens is 1. The van der Waals surface area contributed by atoms with Crippen molar-refractivity contribution in [3.63, 3.8) is 0 Å². The van der Waals surface area contributed by atoms with Crippen molar-refractivity contribution in [2.24, 2.45) is 0 Å². The minimum absolute atomic E-state index is 0.0186. The maximum absolute atomic E-state index is 14.6. The second kappa shape index (κ2) is 15.8. The van der Waals surface area contributed by atoms with Gasteiger partial charge in [0.2, 0.25) is 11.8 Å². The number of rotatable bonds is 14. The van der Waals surface area contributed by atoms with Crippen LogP contribution >= 0.6 is 11.6 Å². The third kappa shape index (κ3) is 8.64. The highest BCUT2D eigenvalue weighted by atomic mass is 35.5. The molecule has 0 saturated heterocycles. The Morgan fingerprint density at radius 1 is 0.851 bits per heavy atom. The Morgan fingerprint density at radius 2 is 1.51 bits per heavy atom. The average molecular weight is 676 g/mol. The van der Waals surface area contributed by atoms with E-state index >= 15 is 0 Å². The quantitative estimate of drug-likeness (QED) is 0.168. The van der Waals surface area contributed by atoms with Gasteiger partial charge in [0.1, 0.15) is 25.8 Å². The molecule has 246 valence electrons. The fraction of sp³-hybridized carbons (Fsp3) is 0.278. The molecule has 0 fully saturated rings. The van der Waals surface area contributed by atoms with E-state index in [9.17, 15) is 18.0 Å². The van der Waals surface area contributed by atoms with Crippen LogP contribution in [0.25, 0.3) is 0 Å². The molecule has 0 bridgehead atoms. The number of amides is 2. The number of carbonyl (C=O) groups excluding carboxylic acids is 2. The molecule has 1 aliphatic rings. The van der Waals surface area contributed by atoms with Gasteiger partial charge in [-0.25, -0.2) is 8.42 Å². The molecule has 1 aliphatic heterocycles. The lowest BCUT2D eigenvalue weighted by atomic mass is 10.0. The lowest BCUT2D eigenvalue weighted by Gasteiger charge is -2.34. The molecule has 11 heteroatoms. The first-order valence-electron chi connectivity index (χ1n) is 15.6. The summed E-state index contributed by atoms with van der Waals surface area (Å²) in [5.41, 5.74) is 1.82. The summed E-state index contributed by atoms with van der Waals surface area (Å²) in [4.78, 5) is 29.9. The molecule has 1 atom stereocenters. The number of hydrogen-bond acceptors (Lipinski definition) is 6. The fourth-order valence-corrected chi connectivity index (χ4v) is 6.84. The minimum Gasteiger partial charge on any atom is -0.486 e. The van der Waals surface area contributed by atoms with E-state index < -0.39 is 28.5 Å². The molecule has 47 heavy (non-hydrogen) atoms. The van der Waals surface area contributed by atoms with E-state index in [4.69, 9.17) is 21.1 Å². The highest BCUT2D eigenvalue weighted by Gasteiger charge is 2.35. The number of anilines is 1. The second-order valence-electron chi connectivity index (χ2n) is 11.2. The summed E-state index contributed by atoms with van der Waals surface area (Å²) in [6.07, 6.45) is 1.90. The topological polar surface area (TPSA) is 105 Å². The van der Waals surface area contributed by atoms with Crippen LogP contribution < -0.4 is 19.1 Å². The number of benzene rings is 4. The van der Waals surface area contributed by atoms with Crippen LogP contribution in [0.2, 0.25) is 5.02 Å². The summed E-state index contributed by atoms with van der Waals surface area (Å²) >= 11 is 6.16. The predicted octanol–water partition coefficient (Wildman–Crippen LogP) is 5.86. The molecule has 0 unspecified atom stereocenters. The summed E-state index contributed by atoms with van der Waals surface area (Å²) in [6, 6.07) is 28.2. The van der Waals surface area contributed by atoms with Gasteiger partial charge in [-0.15, -0.1) is 0 Å². The van der Waals surface area contributed by atoms with Crippen molar-refractivity contribution in [3.8, 4) is 11.5 Å². The van der Waals surface area contributed by atoms with Gasteiger partial charge in [0.15, 0.2) is 11.5 Å². The molecule has 9 nitrogen and oxygen atoms in total. The number of sulfonamides is 1. The Kier molecular flexibility index (Phi) is 11.4. The van der Waals surface area contributed by atoms with Gasteiger partial charge in [-0.3, -0.25) is 13.9 Å². The van der Waals surface area contributed by atoms with Crippen LogP contribution in [0.1, 0.15) is 30.9 Å². The van der Waals surface area contributed by atoms with Gasteiger partial charge in [0, 0.05) is 30.6 Å². The maximum Gasteiger partial charge on any atom is 0.264 e. The van der Waals surface area contributed by atoms with Gasteiger partial charge in [-0.2, -0.15) is 0 Å². The van der Waals surface area contributed by atoms with Crippen molar-refractivity contribution < 1.29 is 27.5 Å². The van der Waals surface area contributed by atoms with Crippen LogP contribution in [0.4, 0.5) is 5.69 Å². The number of unbranched alkanes of at least 4 members (excludes halogenated alkanes) is 1. The van der Waals surface area contributed by atoms with Crippen LogP contribution in [0.3, 0.4) is 0 Å². The number of hydrogen-bond donors (Lipinski definition) is 1. The average Bonchev–Trinajstić information content (AvgIpc) is 3.10. The standard InChI is InChI=1S/C36H38ClN3O6S/c1-2-3-20-38-36(42)32(23-27-10-6-4-7-11-27)39(25-28-14-16-29(37)17-15-28)35(41)26-40(47(43,44)31-12-8-5-9-13-31)30-18-19-33-34(24-30)46-22-21-45-33/h4-19,24,32H,2-3,20-23,25-26H2,1H3,(H,38,42)/t32-/m0/s1. The van der Waals surface area contributed by atoms with E-state index in [1.165, 1.54) is 17.0 Å². The van der Waals surface area contributed by atoms with E-state index in [0.29, 0.717) is 36.3 Å². The molecule has 0 aromatic heterocycles. The van der Waals surface area contributed by atoms with Crippen LogP contribution in [0, 0.1) is 0 Å². The monoisotopic (exact) mass is 675 g/mol. The summed E-state index contributed by atoms with van der Waals surface area (Å²) < 4.78 is 40.9. The molecule has 1 heterocycles. The normalized spacial score (nSPS) is 13.0. The number of nitrogens with zero attached hydrogens (tertiary/aromatic N) is 2. The Balaban J connectivity index is 1.56. The van der Waals surface area contributed by atoms with Crippen molar-refractivity contribution in [2.75, 3.05) is 30.6 Å². The van der Waals surface area contributed by atoms with Crippen molar-refractivity contribution in [2.45, 2.75) is 43.7 Å². The van der Waals surface area contributed by atoms with Gasteiger partial charge in [0.05, 0.1) is 10.6 Å². The maximum atomic E-state index is 14.6. The molecule has 0 spiro atoms. The van der Waals surface area contributed by atoms with Gasteiger partial charge in [-0.05, 0) is 53.9 Å². The van der Waals surface area contributed by atoms with E-state index in [0.717, 1.165) is 28.3 Å². The van der Waals surface area contributed by atoms with Crippen molar-refractivity contribution >= 4 is 39.1 Å². The summed E-state index contributed by atoms with van der Waals surface area (Å²) in [6.45, 7) is 2.65. The second-order valence-corrected chi connectivity index (χ2v) is 13.4. The zero-order valence-electron chi connectivity index (χ0n) is 26.2. The van der Waals surface area contributed by atoms with E-state index in [2.05, 4.69) is 5.32 Å². The predicted molar refractivity (Wildman–Crippen MR) is 182 cm³/mol. The molecular formula is C36H38ClN3O6S. The summed E-state index contributed by atoms with van der Waals surface area (Å²) in [5, 5.41) is 3.52.